The Labute approximate surface area is 109 Å². The van der Waals surface area contributed by atoms with E-state index in [-0.39, 0.29) is 11.3 Å². The molecule has 0 N–H and O–H groups in total. The van der Waals surface area contributed by atoms with Crippen LogP contribution in [0.15, 0.2) is 6.07 Å². The van der Waals surface area contributed by atoms with Crippen LogP contribution in [0.4, 0.5) is 0 Å². The molecule has 3 nitrogen and oxygen atoms in total. The Morgan fingerprint density at radius 3 is 2.56 bits per heavy atom. The second-order valence-corrected chi connectivity index (χ2v) is 4.65. The summed E-state index contributed by atoms with van der Waals surface area (Å²) in [5.74, 6) is 0.336. The third-order valence-electron chi connectivity index (χ3n) is 2.30. The number of aromatic nitrogens is 1. The maximum atomic E-state index is 5.96. The monoisotopic (exact) mass is 281 g/mol. The Hall–Kier alpha value is -0.220. The lowest BCUT2D eigenvalue weighted by Crippen LogP contribution is -2.26. The molecule has 1 fully saturated rings. The molecular formula is C10H10Cl3NO2. The van der Waals surface area contributed by atoms with Crippen LogP contribution >= 0.6 is 34.8 Å². The first-order chi connectivity index (χ1) is 7.66. The van der Waals surface area contributed by atoms with Crippen LogP contribution in [0, 0.1) is 0 Å². The summed E-state index contributed by atoms with van der Waals surface area (Å²) in [6.45, 7) is 1.40. The molecule has 0 radical (unpaired) electrons. The van der Waals surface area contributed by atoms with Gasteiger partial charge in [0.15, 0.2) is 5.15 Å². The van der Waals surface area contributed by atoms with Crippen molar-refractivity contribution < 1.29 is 9.47 Å². The van der Waals surface area contributed by atoms with Gasteiger partial charge in [0.1, 0.15) is 11.1 Å². The maximum Gasteiger partial charge on any atom is 0.234 e. The van der Waals surface area contributed by atoms with Crippen molar-refractivity contribution in [3.05, 3.63) is 21.3 Å². The van der Waals surface area contributed by atoms with E-state index in [9.17, 15) is 0 Å². The molecule has 16 heavy (non-hydrogen) atoms. The van der Waals surface area contributed by atoms with Crippen LogP contribution < -0.4 is 4.74 Å². The molecule has 2 rings (SSSR count). The lowest BCUT2D eigenvalue weighted by atomic mass is 10.1. The molecule has 0 aromatic carbocycles. The Morgan fingerprint density at radius 2 is 1.88 bits per heavy atom. The number of pyridine rings is 1. The van der Waals surface area contributed by atoms with E-state index in [0.717, 1.165) is 12.8 Å². The number of hydrogen-bond acceptors (Lipinski definition) is 3. The zero-order valence-corrected chi connectivity index (χ0v) is 10.6. The van der Waals surface area contributed by atoms with Crippen LogP contribution in [0.2, 0.25) is 15.2 Å². The minimum Gasteiger partial charge on any atom is -0.473 e. The lowest BCUT2D eigenvalue weighted by Gasteiger charge is -2.23. The minimum atomic E-state index is 0.0796. The van der Waals surface area contributed by atoms with Crippen LogP contribution in [0.5, 0.6) is 5.88 Å². The quantitative estimate of drug-likeness (QED) is 0.777. The predicted octanol–water partition coefficient (Wildman–Crippen LogP) is 3.60. The van der Waals surface area contributed by atoms with Gasteiger partial charge in [0.05, 0.1) is 18.2 Å². The van der Waals surface area contributed by atoms with E-state index < -0.39 is 0 Å². The largest absolute Gasteiger partial charge is 0.473 e. The highest BCUT2D eigenvalue weighted by Crippen LogP contribution is 2.31. The minimum absolute atomic E-state index is 0.0796. The summed E-state index contributed by atoms with van der Waals surface area (Å²) in [7, 11) is 0. The molecule has 1 aromatic rings. The van der Waals surface area contributed by atoms with E-state index in [1.807, 2.05) is 0 Å². The van der Waals surface area contributed by atoms with Crippen molar-refractivity contribution in [2.75, 3.05) is 13.2 Å². The number of rotatable bonds is 2. The summed E-state index contributed by atoms with van der Waals surface area (Å²) in [6, 6.07) is 1.53. The fourth-order valence-corrected chi connectivity index (χ4v) is 2.00. The van der Waals surface area contributed by atoms with Crippen LogP contribution in [0.1, 0.15) is 12.8 Å². The first-order valence-electron chi connectivity index (χ1n) is 4.93. The van der Waals surface area contributed by atoms with Crippen molar-refractivity contribution in [3.63, 3.8) is 0 Å². The van der Waals surface area contributed by atoms with Gasteiger partial charge in [0.25, 0.3) is 0 Å². The van der Waals surface area contributed by atoms with Gasteiger partial charge in [-0.3, -0.25) is 0 Å². The van der Waals surface area contributed by atoms with Gasteiger partial charge in [-0.2, -0.15) is 4.98 Å². The highest BCUT2D eigenvalue weighted by Gasteiger charge is 2.18. The van der Waals surface area contributed by atoms with Crippen molar-refractivity contribution >= 4 is 34.8 Å². The second-order valence-electron chi connectivity index (χ2n) is 3.48. The molecule has 1 aliphatic heterocycles. The van der Waals surface area contributed by atoms with E-state index >= 15 is 0 Å². The third kappa shape index (κ3) is 2.92. The highest BCUT2D eigenvalue weighted by atomic mass is 35.5. The van der Waals surface area contributed by atoms with Gasteiger partial charge in [0, 0.05) is 12.8 Å². The van der Waals surface area contributed by atoms with Gasteiger partial charge < -0.3 is 9.47 Å². The predicted molar refractivity (Wildman–Crippen MR) is 63.7 cm³/mol. The van der Waals surface area contributed by atoms with Crippen molar-refractivity contribution in [1.82, 2.24) is 4.98 Å². The smallest absolute Gasteiger partial charge is 0.234 e. The average molecular weight is 283 g/mol. The van der Waals surface area contributed by atoms with E-state index in [1.165, 1.54) is 6.07 Å². The molecule has 6 heteroatoms. The first kappa shape index (κ1) is 12.2. The fourth-order valence-electron chi connectivity index (χ4n) is 1.46. The number of hydrogen-bond donors (Lipinski definition) is 0. The normalized spacial score (nSPS) is 17.4. The first-order valence-corrected chi connectivity index (χ1v) is 6.06. The van der Waals surface area contributed by atoms with E-state index in [2.05, 4.69) is 4.98 Å². The molecule has 1 aliphatic rings. The standard InChI is InChI=1S/C10H10Cl3NO2/c11-7-5-8(12)10(14-9(7)13)16-6-1-3-15-4-2-6/h5-6H,1-4H2. The average Bonchev–Trinajstić information content (AvgIpc) is 2.27. The van der Waals surface area contributed by atoms with Gasteiger partial charge >= 0.3 is 0 Å². The zero-order valence-electron chi connectivity index (χ0n) is 8.38. The molecule has 0 aliphatic carbocycles. The molecule has 1 aromatic heterocycles. The molecule has 0 unspecified atom stereocenters. The molecule has 0 atom stereocenters. The Balaban J connectivity index is 2.11. The van der Waals surface area contributed by atoms with Crippen LogP contribution in [0.25, 0.3) is 0 Å². The van der Waals surface area contributed by atoms with Crippen molar-refractivity contribution in [1.29, 1.82) is 0 Å². The lowest BCUT2D eigenvalue weighted by molar-refractivity contribution is 0.0238. The van der Waals surface area contributed by atoms with Gasteiger partial charge in [-0.1, -0.05) is 34.8 Å². The Kier molecular flexibility index (Phi) is 4.14. The molecule has 0 saturated carbocycles. The topological polar surface area (TPSA) is 31.4 Å². The van der Waals surface area contributed by atoms with Gasteiger partial charge in [-0.15, -0.1) is 0 Å². The highest BCUT2D eigenvalue weighted by molar-refractivity contribution is 6.42. The van der Waals surface area contributed by atoms with Gasteiger partial charge in [-0.25, -0.2) is 0 Å². The summed E-state index contributed by atoms with van der Waals surface area (Å²) >= 11 is 17.5. The molecule has 0 amide bonds. The summed E-state index contributed by atoms with van der Waals surface area (Å²) < 4.78 is 10.9. The van der Waals surface area contributed by atoms with E-state index in [4.69, 9.17) is 44.3 Å². The maximum absolute atomic E-state index is 5.96. The Morgan fingerprint density at radius 1 is 1.19 bits per heavy atom. The van der Waals surface area contributed by atoms with Crippen molar-refractivity contribution in [3.8, 4) is 5.88 Å². The van der Waals surface area contributed by atoms with Crippen LogP contribution in [0.3, 0.4) is 0 Å². The van der Waals surface area contributed by atoms with Crippen molar-refractivity contribution in [2.24, 2.45) is 0 Å². The van der Waals surface area contributed by atoms with Crippen LogP contribution in [-0.4, -0.2) is 24.3 Å². The number of nitrogens with zero attached hydrogens (tertiary/aromatic N) is 1. The zero-order chi connectivity index (χ0) is 11.5. The molecule has 0 bridgehead atoms. The molecule has 88 valence electrons. The summed E-state index contributed by atoms with van der Waals surface area (Å²) in [6.07, 6.45) is 1.74. The third-order valence-corrected chi connectivity index (χ3v) is 3.24. The summed E-state index contributed by atoms with van der Waals surface area (Å²) in [4.78, 5) is 4.00. The SMILES string of the molecule is Clc1cc(Cl)c(OC2CCOCC2)nc1Cl. The molecular weight excluding hydrogens is 272 g/mol. The van der Waals surface area contributed by atoms with Crippen molar-refractivity contribution in [2.45, 2.75) is 18.9 Å². The number of halogens is 3. The van der Waals surface area contributed by atoms with Gasteiger partial charge in [-0.05, 0) is 6.07 Å². The van der Waals surface area contributed by atoms with E-state index in [0.29, 0.717) is 29.1 Å². The molecule has 0 spiro atoms. The molecule has 2 heterocycles. The fraction of sp³-hybridized carbons (Fsp3) is 0.500. The second kappa shape index (κ2) is 5.41. The Bertz CT molecular complexity index is 381. The number of ether oxygens (including phenoxy) is 2. The summed E-state index contributed by atoms with van der Waals surface area (Å²) in [5, 5.41) is 0.903. The molecule has 1 saturated heterocycles. The van der Waals surface area contributed by atoms with Crippen LogP contribution in [-0.2, 0) is 4.74 Å². The van der Waals surface area contributed by atoms with E-state index in [1.54, 1.807) is 0 Å². The summed E-state index contributed by atoms with van der Waals surface area (Å²) in [5.41, 5.74) is 0. The van der Waals surface area contributed by atoms with Gasteiger partial charge in [0.2, 0.25) is 5.88 Å².